The molecule has 0 amide bonds. The van der Waals surface area contributed by atoms with Gasteiger partial charge in [0, 0.05) is 0 Å². The summed E-state index contributed by atoms with van der Waals surface area (Å²) >= 11 is 0. The number of hydrogen-bond donors (Lipinski definition) is 1. The van der Waals surface area contributed by atoms with Gasteiger partial charge in [-0.25, -0.2) is 0 Å². The maximum atomic E-state index is 11.3. The fourth-order valence-corrected chi connectivity index (χ4v) is 2.08. The molecule has 1 aliphatic heterocycles. The largest absolute Gasteiger partial charge is 0.481 e. The molecule has 1 fully saturated rings. The van der Waals surface area contributed by atoms with Crippen LogP contribution < -0.4 is 0 Å². The number of carboxylic acids is 1. The number of carboxylic acid groups (broad SMARTS) is 1. The molecule has 0 aliphatic carbocycles. The van der Waals surface area contributed by atoms with Gasteiger partial charge in [-0.2, -0.15) is 0 Å². The number of carbonyl (C=O) groups is 1. The van der Waals surface area contributed by atoms with Crippen molar-refractivity contribution < 1.29 is 14.6 Å². The van der Waals surface area contributed by atoms with Gasteiger partial charge in [-0.05, 0) is 39.0 Å². The van der Waals surface area contributed by atoms with Crippen molar-refractivity contribution in [2.24, 2.45) is 11.3 Å². The summed E-state index contributed by atoms with van der Waals surface area (Å²) in [5.41, 5.74) is -0.658. The molecule has 1 rings (SSSR count). The summed E-state index contributed by atoms with van der Waals surface area (Å²) in [5, 5.41) is 9.27. The van der Waals surface area contributed by atoms with E-state index >= 15 is 0 Å². The molecule has 1 heterocycles. The molecule has 0 aromatic carbocycles. The molecule has 0 spiro atoms. The van der Waals surface area contributed by atoms with Gasteiger partial charge in [0.25, 0.3) is 0 Å². The molecule has 1 N–H and O–H groups in total. The third kappa shape index (κ3) is 2.71. The van der Waals surface area contributed by atoms with E-state index in [1.807, 2.05) is 27.7 Å². The summed E-state index contributed by atoms with van der Waals surface area (Å²) in [4.78, 5) is 11.3. The Balaban J connectivity index is 2.63. The van der Waals surface area contributed by atoms with Crippen LogP contribution in [-0.2, 0) is 9.53 Å². The second kappa shape index (κ2) is 4.52. The van der Waals surface area contributed by atoms with E-state index in [1.54, 1.807) is 0 Å². The van der Waals surface area contributed by atoms with E-state index in [9.17, 15) is 9.90 Å². The van der Waals surface area contributed by atoms with Gasteiger partial charge in [0.1, 0.15) is 0 Å². The van der Waals surface area contributed by atoms with Gasteiger partial charge in [0.15, 0.2) is 0 Å². The lowest BCUT2D eigenvalue weighted by molar-refractivity contribution is -0.153. The highest BCUT2D eigenvalue weighted by Gasteiger charge is 2.40. The molecule has 1 aliphatic rings. The van der Waals surface area contributed by atoms with Gasteiger partial charge in [0.2, 0.25) is 0 Å². The van der Waals surface area contributed by atoms with Gasteiger partial charge < -0.3 is 9.84 Å². The first-order valence-electron chi connectivity index (χ1n) is 5.75. The minimum absolute atomic E-state index is 0.128. The van der Waals surface area contributed by atoms with Crippen molar-refractivity contribution in [3.8, 4) is 0 Å². The monoisotopic (exact) mass is 214 g/mol. The summed E-state index contributed by atoms with van der Waals surface area (Å²) in [6, 6.07) is 0. The number of ether oxygens (including phenoxy) is 1. The van der Waals surface area contributed by atoms with Crippen molar-refractivity contribution in [2.45, 2.75) is 59.2 Å². The smallest absolute Gasteiger partial charge is 0.309 e. The topological polar surface area (TPSA) is 46.5 Å². The van der Waals surface area contributed by atoms with Crippen molar-refractivity contribution in [3.63, 3.8) is 0 Å². The summed E-state index contributed by atoms with van der Waals surface area (Å²) in [5.74, 6) is -0.574. The van der Waals surface area contributed by atoms with Crippen molar-refractivity contribution >= 4 is 5.97 Å². The average molecular weight is 214 g/mol. The highest BCUT2D eigenvalue weighted by Crippen LogP contribution is 2.37. The summed E-state index contributed by atoms with van der Waals surface area (Å²) in [6.45, 7) is 7.80. The van der Waals surface area contributed by atoms with Crippen LogP contribution in [-0.4, -0.2) is 23.3 Å². The molecule has 0 aromatic rings. The lowest BCUT2D eigenvalue weighted by Gasteiger charge is -2.31. The summed E-state index contributed by atoms with van der Waals surface area (Å²) in [6.07, 6.45) is 3.10. The number of rotatable bonds is 4. The van der Waals surface area contributed by atoms with Gasteiger partial charge >= 0.3 is 5.97 Å². The predicted molar refractivity (Wildman–Crippen MR) is 58.8 cm³/mol. The van der Waals surface area contributed by atoms with E-state index in [0.29, 0.717) is 12.5 Å². The van der Waals surface area contributed by atoms with Crippen LogP contribution in [0.4, 0.5) is 0 Å². The molecule has 3 heteroatoms. The van der Waals surface area contributed by atoms with E-state index < -0.39 is 11.4 Å². The first kappa shape index (κ1) is 12.5. The Morgan fingerprint density at radius 2 is 2.13 bits per heavy atom. The molecule has 1 saturated heterocycles. The van der Waals surface area contributed by atoms with Crippen LogP contribution in [0, 0.1) is 11.3 Å². The van der Waals surface area contributed by atoms with E-state index in [4.69, 9.17) is 4.74 Å². The Labute approximate surface area is 91.8 Å². The zero-order valence-electron chi connectivity index (χ0n) is 10.1. The van der Waals surface area contributed by atoms with Crippen molar-refractivity contribution in [2.75, 3.05) is 0 Å². The third-order valence-electron chi connectivity index (χ3n) is 3.73. The molecular weight excluding hydrogens is 192 g/mol. The molecule has 3 atom stereocenters. The van der Waals surface area contributed by atoms with Crippen molar-refractivity contribution in [1.29, 1.82) is 0 Å². The average Bonchev–Trinajstić information content (AvgIpc) is 2.50. The number of aliphatic carboxylic acids is 1. The van der Waals surface area contributed by atoms with Crippen LogP contribution in [0.5, 0.6) is 0 Å². The van der Waals surface area contributed by atoms with Crippen LogP contribution in [0.25, 0.3) is 0 Å². The fraction of sp³-hybridized carbons (Fsp3) is 0.917. The van der Waals surface area contributed by atoms with Crippen LogP contribution in [0.3, 0.4) is 0 Å². The summed E-state index contributed by atoms with van der Waals surface area (Å²) in [7, 11) is 0. The Hall–Kier alpha value is -0.570. The molecule has 0 aromatic heterocycles. The second-order valence-corrected chi connectivity index (χ2v) is 5.23. The van der Waals surface area contributed by atoms with E-state index in [2.05, 4.69) is 0 Å². The quantitative estimate of drug-likeness (QED) is 0.782. The maximum absolute atomic E-state index is 11.3. The zero-order valence-corrected chi connectivity index (χ0v) is 10.1. The molecule has 3 unspecified atom stereocenters. The first-order chi connectivity index (χ1) is 6.86. The Morgan fingerprint density at radius 1 is 1.53 bits per heavy atom. The third-order valence-corrected chi connectivity index (χ3v) is 3.73. The van der Waals surface area contributed by atoms with Crippen LogP contribution >= 0.6 is 0 Å². The molecule has 0 radical (unpaired) electrons. The molecule has 15 heavy (non-hydrogen) atoms. The molecular formula is C12H22O3. The molecule has 0 saturated carbocycles. The van der Waals surface area contributed by atoms with Crippen LogP contribution in [0.2, 0.25) is 0 Å². The standard InChI is InChI=1S/C12H22O3/c1-8(2)12(4,11(13)14)7-10-6-5-9(3)15-10/h8-10H,5-7H2,1-4H3,(H,13,14). The SMILES string of the molecule is CC1CCC(CC(C)(C(=O)O)C(C)C)O1. The molecule has 0 bridgehead atoms. The minimum Gasteiger partial charge on any atom is -0.481 e. The van der Waals surface area contributed by atoms with Gasteiger partial charge in [0.05, 0.1) is 17.6 Å². The van der Waals surface area contributed by atoms with Gasteiger partial charge in [-0.1, -0.05) is 13.8 Å². The van der Waals surface area contributed by atoms with E-state index in [0.717, 1.165) is 12.8 Å². The Morgan fingerprint density at radius 3 is 2.47 bits per heavy atom. The van der Waals surface area contributed by atoms with Gasteiger partial charge in [-0.3, -0.25) is 4.79 Å². The summed E-state index contributed by atoms with van der Waals surface area (Å²) < 4.78 is 5.69. The first-order valence-corrected chi connectivity index (χ1v) is 5.75. The lowest BCUT2D eigenvalue weighted by Crippen LogP contribution is -2.36. The zero-order chi connectivity index (χ0) is 11.6. The predicted octanol–water partition coefficient (Wildman–Crippen LogP) is 2.69. The number of hydrogen-bond acceptors (Lipinski definition) is 2. The minimum atomic E-state index is -0.708. The van der Waals surface area contributed by atoms with E-state index in [-0.39, 0.29) is 12.0 Å². The van der Waals surface area contributed by atoms with Gasteiger partial charge in [-0.15, -0.1) is 0 Å². The van der Waals surface area contributed by atoms with Crippen LogP contribution in [0.1, 0.15) is 47.0 Å². The highest BCUT2D eigenvalue weighted by atomic mass is 16.5. The fourth-order valence-electron chi connectivity index (χ4n) is 2.08. The molecule has 3 nitrogen and oxygen atoms in total. The maximum Gasteiger partial charge on any atom is 0.309 e. The normalized spacial score (nSPS) is 30.5. The highest BCUT2D eigenvalue weighted by molar-refractivity contribution is 5.74. The van der Waals surface area contributed by atoms with Crippen LogP contribution in [0.15, 0.2) is 0 Å². The molecule has 88 valence electrons. The lowest BCUT2D eigenvalue weighted by atomic mass is 9.74. The Kier molecular flexibility index (Phi) is 3.77. The van der Waals surface area contributed by atoms with Crippen molar-refractivity contribution in [3.05, 3.63) is 0 Å². The second-order valence-electron chi connectivity index (χ2n) is 5.23. The Bertz CT molecular complexity index is 237. The van der Waals surface area contributed by atoms with Crippen molar-refractivity contribution in [1.82, 2.24) is 0 Å². The van der Waals surface area contributed by atoms with E-state index in [1.165, 1.54) is 0 Å².